The number of hydrogen-bond donors (Lipinski definition) is 0. The lowest BCUT2D eigenvalue weighted by molar-refractivity contribution is -0.191. The van der Waals surface area contributed by atoms with Crippen LogP contribution in [0.3, 0.4) is 0 Å². The molecular formula is C17H12F3N7O. The first-order chi connectivity index (χ1) is 13.4. The summed E-state index contributed by atoms with van der Waals surface area (Å²) in [5.74, 6) is -0.302. The van der Waals surface area contributed by atoms with Crippen molar-refractivity contribution in [2.45, 2.75) is 18.0 Å². The van der Waals surface area contributed by atoms with Crippen LogP contribution < -0.4 is 4.90 Å². The van der Waals surface area contributed by atoms with Gasteiger partial charge < -0.3 is 9.42 Å². The van der Waals surface area contributed by atoms with Gasteiger partial charge in [-0.3, -0.25) is 4.98 Å². The van der Waals surface area contributed by atoms with E-state index in [9.17, 15) is 13.2 Å². The van der Waals surface area contributed by atoms with Gasteiger partial charge in [-0.1, -0.05) is 5.16 Å². The maximum atomic E-state index is 14.1. The normalized spacial score (nSPS) is 19.6. The molecule has 1 unspecified atom stereocenters. The molecule has 142 valence electrons. The molecule has 0 aliphatic carbocycles. The second-order valence-corrected chi connectivity index (χ2v) is 6.26. The molecule has 3 aromatic heterocycles. The Kier molecular flexibility index (Phi) is 4.18. The third-order valence-corrected chi connectivity index (χ3v) is 4.65. The van der Waals surface area contributed by atoms with Gasteiger partial charge in [-0.05, 0) is 24.6 Å². The molecule has 1 saturated heterocycles. The highest BCUT2D eigenvalue weighted by Gasteiger charge is 2.63. The van der Waals surface area contributed by atoms with Gasteiger partial charge in [0.25, 0.3) is 0 Å². The van der Waals surface area contributed by atoms with Crippen LogP contribution in [0.15, 0.2) is 41.3 Å². The SMILES string of the molecule is N#Cc1nccc(N2CCC(c3nc(-c4ccncc4)no3)(C(F)(F)F)C2)n1. The first kappa shape index (κ1) is 17.8. The molecule has 0 spiro atoms. The van der Waals surface area contributed by atoms with Crippen molar-refractivity contribution in [3.63, 3.8) is 0 Å². The van der Waals surface area contributed by atoms with Crippen LogP contribution in [-0.4, -0.2) is 44.4 Å². The van der Waals surface area contributed by atoms with Crippen LogP contribution in [0.5, 0.6) is 0 Å². The van der Waals surface area contributed by atoms with Gasteiger partial charge in [-0.25, -0.2) is 9.97 Å². The highest BCUT2D eigenvalue weighted by Crippen LogP contribution is 2.48. The zero-order chi connectivity index (χ0) is 19.8. The molecule has 8 nitrogen and oxygen atoms in total. The third-order valence-electron chi connectivity index (χ3n) is 4.65. The fourth-order valence-electron chi connectivity index (χ4n) is 3.15. The summed E-state index contributed by atoms with van der Waals surface area (Å²) in [5.41, 5.74) is -1.82. The number of alkyl halides is 3. The van der Waals surface area contributed by atoms with Gasteiger partial charge in [0.15, 0.2) is 5.41 Å². The van der Waals surface area contributed by atoms with E-state index in [-0.39, 0.29) is 30.4 Å². The number of anilines is 1. The van der Waals surface area contributed by atoms with Crippen LogP contribution in [0, 0.1) is 11.3 Å². The summed E-state index contributed by atoms with van der Waals surface area (Å²) in [6.07, 6.45) is -0.577. The number of rotatable bonds is 3. The van der Waals surface area contributed by atoms with Crippen molar-refractivity contribution < 1.29 is 17.7 Å². The quantitative estimate of drug-likeness (QED) is 0.675. The lowest BCUT2D eigenvalue weighted by Gasteiger charge is -2.28. The number of hydrogen-bond acceptors (Lipinski definition) is 8. The Morgan fingerprint density at radius 1 is 1.14 bits per heavy atom. The minimum absolute atomic E-state index is 0.0632. The zero-order valence-electron chi connectivity index (χ0n) is 14.3. The van der Waals surface area contributed by atoms with Gasteiger partial charge in [0, 0.05) is 37.2 Å². The van der Waals surface area contributed by atoms with Gasteiger partial charge >= 0.3 is 6.18 Å². The van der Waals surface area contributed by atoms with Crippen molar-refractivity contribution in [2.24, 2.45) is 0 Å². The van der Waals surface area contributed by atoms with Gasteiger partial charge in [-0.2, -0.15) is 23.4 Å². The summed E-state index contributed by atoms with van der Waals surface area (Å²) >= 11 is 0. The third kappa shape index (κ3) is 2.92. The Morgan fingerprint density at radius 2 is 1.93 bits per heavy atom. The average molecular weight is 387 g/mol. The number of halogens is 3. The van der Waals surface area contributed by atoms with Crippen LogP contribution in [0.4, 0.5) is 19.0 Å². The Morgan fingerprint density at radius 3 is 2.64 bits per heavy atom. The van der Waals surface area contributed by atoms with E-state index in [1.807, 2.05) is 0 Å². The van der Waals surface area contributed by atoms with Crippen LogP contribution in [0.1, 0.15) is 18.1 Å². The van der Waals surface area contributed by atoms with Crippen LogP contribution in [0.2, 0.25) is 0 Å². The van der Waals surface area contributed by atoms with Crippen molar-refractivity contribution in [3.05, 3.63) is 48.5 Å². The number of nitriles is 1. The molecule has 4 rings (SSSR count). The minimum Gasteiger partial charge on any atom is -0.355 e. The summed E-state index contributed by atoms with van der Waals surface area (Å²) in [7, 11) is 0. The van der Waals surface area contributed by atoms with Crippen LogP contribution in [-0.2, 0) is 5.41 Å². The first-order valence-corrected chi connectivity index (χ1v) is 8.22. The monoisotopic (exact) mass is 387 g/mol. The van der Waals surface area contributed by atoms with E-state index in [2.05, 4.69) is 25.1 Å². The average Bonchev–Trinajstić information content (AvgIpc) is 3.36. The summed E-state index contributed by atoms with van der Waals surface area (Å²) < 4.78 is 47.3. The Hall–Kier alpha value is -3.55. The maximum Gasteiger partial charge on any atom is 0.405 e. The van der Waals surface area contributed by atoms with E-state index < -0.39 is 24.0 Å². The Labute approximate surface area is 156 Å². The highest BCUT2D eigenvalue weighted by atomic mass is 19.4. The van der Waals surface area contributed by atoms with E-state index >= 15 is 0 Å². The summed E-state index contributed by atoms with van der Waals surface area (Å²) in [6, 6.07) is 6.41. The van der Waals surface area contributed by atoms with Gasteiger partial charge in [0.2, 0.25) is 17.5 Å². The van der Waals surface area contributed by atoms with E-state index in [4.69, 9.17) is 9.78 Å². The maximum absolute atomic E-state index is 14.1. The largest absolute Gasteiger partial charge is 0.405 e. The van der Waals surface area contributed by atoms with E-state index in [1.165, 1.54) is 29.6 Å². The standard InChI is InChI=1S/C17H12F3N7O/c18-17(19,20)16(15-25-14(26-28-15)11-1-5-22-6-2-11)4-8-27(10-16)13-3-7-23-12(9-21)24-13/h1-3,5-7H,4,8,10H2. The van der Waals surface area contributed by atoms with E-state index in [0.717, 1.165) is 0 Å². The second-order valence-electron chi connectivity index (χ2n) is 6.26. The van der Waals surface area contributed by atoms with Crippen molar-refractivity contribution in [1.82, 2.24) is 25.1 Å². The van der Waals surface area contributed by atoms with Gasteiger partial charge in [0.1, 0.15) is 11.9 Å². The number of pyridine rings is 1. The molecule has 11 heteroatoms. The summed E-state index contributed by atoms with van der Waals surface area (Å²) in [5, 5.41) is 12.6. The summed E-state index contributed by atoms with van der Waals surface area (Å²) in [4.78, 5) is 17.0. The van der Waals surface area contributed by atoms with Gasteiger partial charge in [-0.15, -0.1) is 0 Å². The predicted octanol–water partition coefficient (Wildman–Crippen LogP) is 2.50. The lowest BCUT2D eigenvalue weighted by atomic mass is 9.86. The fraction of sp³-hybridized carbons (Fsp3) is 0.294. The van der Waals surface area contributed by atoms with E-state index in [1.54, 1.807) is 18.2 Å². The molecule has 0 N–H and O–H groups in total. The second kappa shape index (κ2) is 6.56. The first-order valence-electron chi connectivity index (χ1n) is 8.22. The molecule has 0 radical (unpaired) electrons. The molecule has 1 fully saturated rings. The van der Waals surface area contributed by atoms with E-state index in [0.29, 0.717) is 5.56 Å². The summed E-state index contributed by atoms with van der Waals surface area (Å²) in [6.45, 7) is -0.384. The van der Waals surface area contributed by atoms with Crippen molar-refractivity contribution in [2.75, 3.05) is 18.0 Å². The molecule has 0 amide bonds. The van der Waals surface area contributed by atoms with Crippen molar-refractivity contribution >= 4 is 5.82 Å². The molecular weight excluding hydrogens is 375 g/mol. The molecule has 1 aliphatic heterocycles. The predicted molar refractivity (Wildman–Crippen MR) is 88.8 cm³/mol. The smallest absolute Gasteiger partial charge is 0.355 e. The minimum atomic E-state index is -4.62. The molecule has 0 aromatic carbocycles. The fourth-order valence-corrected chi connectivity index (χ4v) is 3.15. The Balaban J connectivity index is 1.70. The molecule has 0 saturated carbocycles. The molecule has 3 aromatic rings. The zero-order valence-corrected chi connectivity index (χ0v) is 14.3. The molecule has 4 heterocycles. The highest BCUT2D eigenvalue weighted by molar-refractivity contribution is 5.53. The van der Waals surface area contributed by atoms with Gasteiger partial charge in [0.05, 0.1) is 0 Å². The molecule has 0 bridgehead atoms. The molecule has 1 atom stereocenters. The molecule has 28 heavy (non-hydrogen) atoms. The van der Waals surface area contributed by atoms with Crippen molar-refractivity contribution in [3.8, 4) is 17.5 Å². The Bertz CT molecular complexity index is 1030. The van der Waals surface area contributed by atoms with Crippen LogP contribution in [0.25, 0.3) is 11.4 Å². The number of nitrogens with zero attached hydrogens (tertiary/aromatic N) is 7. The molecule has 1 aliphatic rings. The topological polar surface area (TPSA) is 105 Å². The van der Waals surface area contributed by atoms with Crippen LogP contribution >= 0.6 is 0 Å². The lowest BCUT2D eigenvalue weighted by Crippen LogP contribution is -2.45. The number of aromatic nitrogens is 5. The van der Waals surface area contributed by atoms with Crippen molar-refractivity contribution in [1.29, 1.82) is 5.26 Å².